The van der Waals surface area contributed by atoms with Gasteiger partial charge in [0.1, 0.15) is 12.1 Å². The van der Waals surface area contributed by atoms with Crippen LogP contribution in [0.5, 0.6) is 0 Å². The van der Waals surface area contributed by atoms with Crippen molar-refractivity contribution in [3.63, 3.8) is 0 Å². The first-order valence-electron chi connectivity index (χ1n) is 10.2. The standard InChI is InChI=1S/C20H32N4O5/c1-5-28-16(25)14-23-13-11-22-17(18(23)26)21-10-9-15-8-6-7-12-24(15)19(27)29-20(2,3)4/h11,13,15H,5-10,12,14H2,1-4H3,(H,21,22). The lowest BCUT2D eigenvalue weighted by Gasteiger charge is -2.36. The summed E-state index contributed by atoms with van der Waals surface area (Å²) < 4.78 is 11.7. The molecule has 0 aliphatic carbocycles. The van der Waals surface area contributed by atoms with E-state index >= 15 is 0 Å². The zero-order valence-electron chi connectivity index (χ0n) is 17.8. The van der Waals surface area contributed by atoms with E-state index in [1.807, 2.05) is 20.8 Å². The maximum absolute atomic E-state index is 12.5. The minimum absolute atomic E-state index is 0.0524. The second-order valence-electron chi connectivity index (χ2n) is 8.05. The predicted octanol–water partition coefficient (Wildman–Crippen LogP) is 2.40. The van der Waals surface area contributed by atoms with Crippen molar-refractivity contribution in [3.8, 4) is 0 Å². The fraction of sp³-hybridized carbons (Fsp3) is 0.700. The minimum Gasteiger partial charge on any atom is -0.465 e. The van der Waals surface area contributed by atoms with E-state index in [0.717, 1.165) is 19.3 Å². The molecule has 1 atom stereocenters. The number of likely N-dealkylation sites (tertiary alicyclic amines) is 1. The third-order valence-electron chi connectivity index (χ3n) is 4.54. The topological polar surface area (TPSA) is 103 Å². The maximum Gasteiger partial charge on any atom is 0.410 e. The van der Waals surface area contributed by atoms with E-state index in [0.29, 0.717) is 19.5 Å². The highest BCUT2D eigenvalue weighted by atomic mass is 16.6. The summed E-state index contributed by atoms with van der Waals surface area (Å²) in [6.07, 6.45) is 6.22. The van der Waals surface area contributed by atoms with Crippen LogP contribution in [0.4, 0.5) is 10.6 Å². The van der Waals surface area contributed by atoms with Crippen LogP contribution in [0.3, 0.4) is 0 Å². The van der Waals surface area contributed by atoms with Crippen molar-refractivity contribution < 1.29 is 19.1 Å². The first-order valence-corrected chi connectivity index (χ1v) is 10.2. The normalized spacial score (nSPS) is 17.0. The molecule has 1 fully saturated rings. The van der Waals surface area contributed by atoms with Crippen LogP contribution in [0.15, 0.2) is 17.2 Å². The highest BCUT2D eigenvalue weighted by Gasteiger charge is 2.30. The van der Waals surface area contributed by atoms with Gasteiger partial charge in [0.05, 0.1) is 6.61 Å². The van der Waals surface area contributed by atoms with Gasteiger partial charge in [-0.15, -0.1) is 0 Å². The Morgan fingerprint density at radius 3 is 2.76 bits per heavy atom. The summed E-state index contributed by atoms with van der Waals surface area (Å²) in [4.78, 5) is 42.4. The minimum atomic E-state index is -0.532. The molecule has 1 aromatic rings. The van der Waals surface area contributed by atoms with Crippen LogP contribution in [0.2, 0.25) is 0 Å². The predicted molar refractivity (Wildman–Crippen MR) is 109 cm³/mol. The summed E-state index contributed by atoms with van der Waals surface area (Å²) in [7, 11) is 0. The molecule has 0 radical (unpaired) electrons. The fourth-order valence-electron chi connectivity index (χ4n) is 3.26. The van der Waals surface area contributed by atoms with E-state index in [1.165, 1.54) is 17.0 Å². The maximum atomic E-state index is 12.5. The number of ether oxygens (including phenoxy) is 2. The van der Waals surface area contributed by atoms with Crippen LogP contribution < -0.4 is 10.9 Å². The fourth-order valence-corrected chi connectivity index (χ4v) is 3.26. The molecule has 9 heteroatoms. The Kier molecular flexibility index (Phi) is 8.04. The number of amides is 1. The number of rotatable bonds is 7. The SMILES string of the molecule is CCOC(=O)Cn1ccnc(NCCC2CCCCN2C(=O)OC(C)(C)C)c1=O. The highest BCUT2D eigenvalue weighted by Crippen LogP contribution is 2.22. The molecule has 1 aromatic heterocycles. The van der Waals surface area contributed by atoms with Gasteiger partial charge in [0, 0.05) is 31.5 Å². The number of piperidine rings is 1. The Morgan fingerprint density at radius 1 is 1.31 bits per heavy atom. The number of nitrogens with one attached hydrogen (secondary N) is 1. The van der Waals surface area contributed by atoms with E-state index < -0.39 is 11.6 Å². The van der Waals surface area contributed by atoms with Gasteiger partial charge in [0.25, 0.3) is 5.56 Å². The van der Waals surface area contributed by atoms with Gasteiger partial charge < -0.3 is 19.7 Å². The van der Waals surface area contributed by atoms with Crippen LogP contribution >= 0.6 is 0 Å². The summed E-state index contributed by atoms with van der Waals surface area (Å²) in [6.45, 7) is 8.55. The summed E-state index contributed by atoms with van der Waals surface area (Å²) >= 11 is 0. The molecular weight excluding hydrogens is 376 g/mol. The van der Waals surface area contributed by atoms with Gasteiger partial charge in [0.15, 0.2) is 5.82 Å². The number of esters is 1. The Hall–Kier alpha value is -2.58. The first kappa shape index (κ1) is 22.7. The Balaban J connectivity index is 1.95. The van der Waals surface area contributed by atoms with E-state index in [2.05, 4.69) is 10.3 Å². The first-order chi connectivity index (χ1) is 13.7. The molecule has 2 rings (SSSR count). The lowest BCUT2D eigenvalue weighted by molar-refractivity contribution is -0.143. The molecule has 9 nitrogen and oxygen atoms in total. The molecule has 162 valence electrons. The van der Waals surface area contributed by atoms with Crippen LogP contribution in [0.25, 0.3) is 0 Å². The Labute approximate surface area is 171 Å². The van der Waals surface area contributed by atoms with E-state index in [-0.39, 0.29) is 36.7 Å². The van der Waals surface area contributed by atoms with Crippen molar-refractivity contribution in [2.24, 2.45) is 0 Å². The average molecular weight is 408 g/mol. The molecule has 0 saturated carbocycles. The van der Waals surface area contributed by atoms with Gasteiger partial charge in [-0.2, -0.15) is 0 Å². The second-order valence-corrected chi connectivity index (χ2v) is 8.05. The van der Waals surface area contributed by atoms with Gasteiger partial charge in [-0.05, 0) is 53.4 Å². The Morgan fingerprint density at radius 2 is 2.07 bits per heavy atom. The quantitative estimate of drug-likeness (QED) is 0.691. The van der Waals surface area contributed by atoms with Crippen molar-refractivity contribution >= 4 is 17.9 Å². The Bertz CT molecular complexity index is 756. The van der Waals surface area contributed by atoms with Gasteiger partial charge in [0.2, 0.25) is 0 Å². The van der Waals surface area contributed by atoms with Crippen LogP contribution in [-0.2, 0) is 20.8 Å². The van der Waals surface area contributed by atoms with Crippen LogP contribution in [-0.4, -0.2) is 57.9 Å². The summed E-state index contributed by atoms with van der Waals surface area (Å²) in [5.41, 5.74) is -0.914. The molecule has 1 saturated heterocycles. The molecule has 2 heterocycles. The lowest BCUT2D eigenvalue weighted by atomic mass is 10.00. The van der Waals surface area contributed by atoms with Gasteiger partial charge in [-0.1, -0.05) is 0 Å². The molecule has 29 heavy (non-hydrogen) atoms. The summed E-state index contributed by atoms with van der Waals surface area (Å²) in [5.74, 6) is -0.293. The number of aromatic nitrogens is 2. The van der Waals surface area contributed by atoms with Crippen molar-refractivity contribution in [1.29, 1.82) is 0 Å². The third kappa shape index (κ3) is 7.07. The smallest absolute Gasteiger partial charge is 0.410 e. The highest BCUT2D eigenvalue weighted by molar-refractivity contribution is 5.69. The number of hydrogen-bond acceptors (Lipinski definition) is 7. The third-order valence-corrected chi connectivity index (χ3v) is 4.54. The number of nitrogens with zero attached hydrogens (tertiary/aromatic N) is 3. The molecule has 0 spiro atoms. The largest absolute Gasteiger partial charge is 0.465 e. The average Bonchev–Trinajstić information content (AvgIpc) is 2.64. The van der Waals surface area contributed by atoms with E-state index in [1.54, 1.807) is 11.8 Å². The molecule has 0 aromatic carbocycles. The molecule has 0 bridgehead atoms. The number of carbonyl (C=O) groups is 2. The second kappa shape index (κ2) is 10.3. The van der Waals surface area contributed by atoms with E-state index in [9.17, 15) is 14.4 Å². The van der Waals surface area contributed by atoms with Gasteiger partial charge in [-0.25, -0.2) is 9.78 Å². The molecule has 1 amide bonds. The molecule has 1 aliphatic heterocycles. The van der Waals surface area contributed by atoms with Crippen molar-refractivity contribution in [2.75, 3.05) is 25.0 Å². The molecule has 1 aliphatic rings. The van der Waals surface area contributed by atoms with Crippen molar-refractivity contribution in [3.05, 3.63) is 22.7 Å². The van der Waals surface area contributed by atoms with Crippen molar-refractivity contribution in [1.82, 2.24) is 14.5 Å². The zero-order chi connectivity index (χ0) is 21.4. The van der Waals surface area contributed by atoms with Gasteiger partial charge >= 0.3 is 12.1 Å². The van der Waals surface area contributed by atoms with Crippen LogP contribution in [0, 0.1) is 0 Å². The lowest BCUT2D eigenvalue weighted by Crippen LogP contribution is -2.46. The molecular formula is C20H32N4O5. The van der Waals surface area contributed by atoms with Gasteiger partial charge in [-0.3, -0.25) is 14.2 Å². The number of carbonyl (C=O) groups excluding carboxylic acids is 2. The number of anilines is 1. The molecule has 1 unspecified atom stereocenters. The van der Waals surface area contributed by atoms with Crippen LogP contribution in [0.1, 0.15) is 53.4 Å². The summed E-state index contributed by atoms with van der Waals surface area (Å²) in [6, 6.07) is 0.0524. The summed E-state index contributed by atoms with van der Waals surface area (Å²) in [5, 5.41) is 3.04. The van der Waals surface area contributed by atoms with Crippen molar-refractivity contribution in [2.45, 2.75) is 71.6 Å². The number of hydrogen-bond donors (Lipinski definition) is 1. The zero-order valence-corrected chi connectivity index (χ0v) is 17.8. The molecule has 1 N–H and O–H groups in total. The monoisotopic (exact) mass is 408 g/mol. The van der Waals surface area contributed by atoms with E-state index in [4.69, 9.17) is 9.47 Å².